The number of aryl methyl sites for hydroxylation is 2. The first kappa shape index (κ1) is 18.6. The SMILES string of the molecule is Cc1nc([C@@H](C)O)oc1C(=O)N1CCc2[nH]cnc2[C@@H]1c1cc2c(C)cccn2n1. The number of carbonyl (C=O) groups excluding carboxylic acids is 1. The predicted molar refractivity (Wildman–Crippen MR) is 107 cm³/mol. The largest absolute Gasteiger partial charge is 0.432 e. The highest BCUT2D eigenvalue weighted by molar-refractivity contribution is 5.93. The van der Waals surface area contributed by atoms with Crippen molar-refractivity contribution in [2.45, 2.75) is 39.3 Å². The Morgan fingerprint density at radius 3 is 2.97 bits per heavy atom. The molecule has 1 aliphatic heterocycles. The molecule has 1 aliphatic rings. The molecule has 0 spiro atoms. The van der Waals surface area contributed by atoms with Crippen molar-refractivity contribution < 1.29 is 14.3 Å². The average Bonchev–Trinajstić information content (AvgIpc) is 3.44. The molecule has 154 valence electrons. The summed E-state index contributed by atoms with van der Waals surface area (Å²) in [5.41, 5.74) is 5.04. The number of fused-ring (bicyclic) bond motifs is 2. The van der Waals surface area contributed by atoms with E-state index in [0.29, 0.717) is 18.7 Å². The minimum absolute atomic E-state index is 0.133. The molecule has 9 heteroatoms. The second-order valence-corrected chi connectivity index (χ2v) is 7.65. The lowest BCUT2D eigenvalue weighted by atomic mass is 9.99. The van der Waals surface area contributed by atoms with Gasteiger partial charge in [-0.1, -0.05) is 6.07 Å². The first-order valence-corrected chi connectivity index (χ1v) is 9.87. The number of carbonyl (C=O) groups is 1. The molecule has 0 saturated carbocycles. The van der Waals surface area contributed by atoms with Crippen LogP contribution in [0.2, 0.25) is 0 Å². The van der Waals surface area contributed by atoms with Crippen molar-refractivity contribution in [2.24, 2.45) is 0 Å². The molecule has 9 nitrogen and oxygen atoms in total. The third-order valence-corrected chi connectivity index (χ3v) is 5.56. The van der Waals surface area contributed by atoms with E-state index in [1.54, 1.807) is 25.1 Å². The number of hydrogen-bond acceptors (Lipinski definition) is 6. The molecule has 2 atom stereocenters. The summed E-state index contributed by atoms with van der Waals surface area (Å²) in [5.74, 6) is -0.0256. The maximum absolute atomic E-state index is 13.5. The van der Waals surface area contributed by atoms with E-state index >= 15 is 0 Å². The van der Waals surface area contributed by atoms with Crippen LogP contribution in [-0.4, -0.2) is 47.0 Å². The first-order chi connectivity index (χ1) is 14.4. The van der Waals surface area contributed by atoms with Gasteiger partial charge in [-0.3, -0.25) is 4.79 Å². The topological polar surface area (TPSA) is 113 Å². The van der Waals surface area contributed by atoms with Crippen molar-refractivity contribution in [3.05, 3.63) is 70.7 Å². The lowest BCUT2D eigenvalue weighted by Crippen LogP contribution is -2.41. The first-order valence-electron chi connectivity index (χ1n) is 9.87. The fourth-order valence-electron chi connectivity index (χ4n) is 4.03. The monoisotopic (exact) mass is 406 g/mol. The number of aromatic nitrogens is 5. The van der Waals surface area contributed by atoms with Gasteiger partial charge in [-0.15, -0.1) is 0 Å². The van der Waals surface area contributed by atoms with Crippen LogP contribution in [0.25, 0.3) is 5.52 Å². The van der Waals surface area contributed by atoms with E-state index in [1.165, 1.54) is 0 Å². The summed E-state index contributed by atoms with van der Waals surface area (Å²) in [6.07, 6.45) is 3.31. The number of nitrogens with one attached hydrogen (secondary N) is 1. The molecule has 0 aliphatic carbocycles. The van der Waals surface area contributed by atoms with E-state index in [4.69, 9.17) is 9.52 Å². The number of rotatable bonds is 3. The van der Waals surface area contributed by atoms with E-state index in [0.717, 1.165) is 28.2 Å². The van der Waals surface area contributed by atoms with Gasteiger partial charge < -0.3 is 19.4 Å². The van der Waals surface area contributed by atoms with E-state index in [1.807, 2.05) is 35.8 Å². The number of pyridine rings is 1. The third-order valence-electron chi connectivity index (χ3n) is 5.56. The van der Waals surface area contributed by atoms with Gasteiger partial charge in [-0.2, -0.15) is 5.10 Å². The van der Waals surface area contributed by atoms with Crippen molar-refractivity contribution in [1.82, 2.24) is 29.5 Å². The minimum Gasteiger partial charge on any atom is -0.432 e. The lowest BCUT2D eigenvalue weighted by Gasteiger charge is -2.33. The van der Waals surface area contributed by atoms with E-state index in [-0.39, 0.29) is 17.6 Å². The Morgan fingerprint density at radius 2 is 2.23 bits per heavy atom. The van der Waals surface area contributed by atoms with Crippen molar-refractivity contribution in [1.29, 1.82) is 0 Å². The highest BCUT2D eigenvalue weighted by Gasteiger charge is 2.38. The van der Waals surface area contributed by atoms with Crippen molar-refractivity contribution in [2.75, 3.05) is 6.54 Å². The molecule has 0 radical (unpaired) electrons. The summed E-state index contributed by atoms with van der Waals surface area (Å²) in [4.78, 5) is 27.1. The number of aromatic amines is 1. The number of amides is 1. The maximum Gasteiger partial charge on any atom is 0.292 e. The number of imidazole rings is 1. The number of aliphatic hydroxyl groups excluding tert-OH is 1. The molecule has 0 aromatic carbocycles. The zero-order valence-electron chi connectivity index (χ0n) is 17.0. The molecule has 0 bridgehead atoms. The zero-order valence-corrected chi connectivity index (χ0v) is 17.0. The third kappa shape index (κ3) is 2.81. The van der Waals surface area contributed by atoms with E-state index < -0.39 is 12.1 Å². The van der Waals surface area contributed by atoms with Crippen LogP contribution in [-0.2, 0) is 6.42 Å². The smallest absolute Gasteiger partial charge is 0.292 e. The number of nitrogens with zero attached hydrogens (tertiary/aromatic N) is 5. The molecule has 5 rings (SSSR count). The Bertz CT molecular complexity index is 1250. The van der Waals surface area contributed by atoms with Gasteiger partial charge in [0, 0.05) is 24.9 Å². The van der Waals surface area contributed by atoms with Gasteiger partial charge in [0.2, 0.25) is 11.7 Å². The maximum atomic E-state index is 13.5. The Balaban J connectivity index is 1.62. The number of hydrogen-bond donors (Lipinski definition) is 2. The van der Waals surface area contributed by atoms with Crippen LogP contribution in [0.3, 0.4) is 0 Å². The summed E-state index contributed by atoms with van der Waals surface area (Å²) in [5, 5.41) is 14.5. The Morgan fingerprint density at radius 1 is 1.40 bits per heavy atom. The predicted octanol–water partition coefficient (Wildman–Crippen LogP) is 2.50. The summed E-state index contributed by atoms with van der Waals surface area (Å²) in [6, 6.07) is 5.52. The van der Waals surface area contributed by atoms with Gasteiger partial charge in [-0.05, 0) is 38.5 Å². The van der Waals surface area contributed by atoms with Gasteiger partial charge >= 0.3 is 0 Å². The average molecular weight is 406 g/mol. The van der Waals surface area contributed by atoms with Crippen LogP contribution in [0.4, 0.5) is 0 Å². The number of oxazole rings is 1. The fraction of sp³-hybridized carbons (Fsp3) is 0.333. The molecule has 0 saturated heterocycles. The molecule has 4 aromatic rings. The van der Waals surface area contributed by atoms with Gasteiger partial charge in [0.05, 0.1) is 28.9 Å². The van der Waals surface area contributed by atoms with Crippen LogP contribution in [0.15, 0.2) is 35.1 Å². The second-order valence-electron chi connectivity index (χ2n) is 7.65. The van der Waals surface area contributed by atoms with Gasteiger partial charge in [0.1, 0.15) is 12.1 Å². The summed E-state index contributed by atoms with van der Waals surface area (Å²) >= 11 is 0. The summed E-state index contributed by atoms with van der Waals surface area (Å²) < 4.78 is 7.44. The summed E-state index contributed by atoms with van der Waals surface area (Å²) in [6.45, 7) is 5.77. The van der Waals surface area contributed by atoms with Crippen molar-refractivity contribution in [3.8, 4) is 0 Å². The zero-order chi connectivity index (χ0) is 21.0. The van der Waals surface area contributed by atoms with Crippen LogP contribution < -0.4 is 0 Å². The van der Waals surface area contributed by atoms with Gasteiger partial charge in [-0.25, -0.2) is 14.5 Å². The molecule has 0 unspecified atom stereocenters. The van der Waals surface area contributed by atoms with Crippen molar-refractivity contribution >= 4 is 11.4 Å². The van der Waals surface area contributed by atoms with Crippen LogP contribution >= 0.6 is 0 Å². The standard InChI is InChI=1S/C21H22N6O3/c1-11-5-4-7-27-16(11)9-15(25-27)18-17-14(22-10-23-17)6-8-26(18)21(29)19-12(2)24-20(30-19)13(3)28/h4-5,7,9-10,13,18,28H,6,8H2,1-3H3,(H,22,23)/t13-,18+/m1/s1. The van der Waals surface area contributed by atoms with Crippen LogP contribution in [0, 0.1) is 13.8 Å². The Hall–Kier alpha value is -3.46. The molecule has 4 aromatic heterocycles. The highest BCUT2D eigenvalue weighted by atomic mass is 16.4. The van der Waals surface area contributed by atoms with Gasteiger partial charge in [0.15, 0.2) is 0 Å². The van der Waals surface area contributed by atoms with Crippen LogP contribution in [0.1, 0.15) is 63.9 Å². The van der Waals surface area contributed by atoms with Crippen molar-refractivity contribution in [3.63, 3.8) is 0 Å². The molecule has 1 amide bonds. The van der Waals surface area contributed by atoms with E-state index in [9.17, 15) is 9.90 Å². The summed E-state index contributed by atoms with van der Waals surface area (Å²) in [7, 11) is 0. The van der Waals surface area contributed by atoms with Crippen LogP contribution in [0.5, 0.6) is 0 Å². The van der Waals surface area contributed by atoms with E-state index in [2.05, 4.69) is 15.0 Å². The molecular weight excluding hydrogens is 384 g/mol. The Kier molecular flexibility index (Phi) is 4.21. The molecule has 5 heterocycles. The second kappa shape index (κ2) is 6.81. The normalized spacial score (nSPS) is 17.3. The fourth-order valence-corrected chi connectivity index (χ4v) is 4.03. The van der Waals surface area contributed by atoms with Gasteiger partial charge in [0.25, 0.3) is 5.91 Å². The number of aliphatic hydroxyl groups is 1. The molecule has 30 heavy (non-hydrogen) atoms. The lowest BCUT2D eigenvalue weighted by molar-refractivity contribution is 0.0644. The quantitative estimate of drug-likeness (QED) is 0.541. The Labute approximate surface area is 172 Å². The minimum atomic E-state index is -0.887. The molecular formula is C21H22N6O3. The highest BCUT2D eigenvalue weighted by Crippen LogP contribution is 2.35. The molecule has 0 fully saturated rings. The molecule has 2 N–H and O–H groups in total. The number of H-pyrrole nitrogens is 1.